The predicted molar refractivity (Wildman–Crippen MR) is 359 cm³/mol. The lowest BCUT2D eigenvalue weighted by Gasteiger charge is -2.14. The Kier molecular flexibility index (Phi) is 78.3. The van der Waals surface area contributed by atoms with E-state index in [-0.39, 0.29) is 35.8 Å². The highest BCUT2D eigenvalue weighted by Crippen LogP contribution is 2.21. The normalized spacial score (nSPS) is 11.8. The SMILES string of the molecule is CC(=O)OCCCCCC(C)C(C)C.CC(=O)OCCCCCCC(C)C.CC(=O)OCCCCCCCCC(C)C(C)C.CCCCCCOC(=O)CCC(C)C.COC(=O)CCCCCC(C)C(C)C.COC(=O)CCCCCCC(C)C. The lowest BCUT2D eigenvalue weighted by atomic mass is 9.92. The molecule has 0 aliphatic carbocycles. The molecular weight excluding hydrogens is 1070 g/mol. The molecule has 510 valence electrons. The zero-order valence-corrected chi connectivity index (χ0v) is 60.3. The molecule has 0 radical (unpaired) electrons. The molecule has 0 heterocycles. The minimum absolute atomic E-state index is 0.0322. The van der Waals surface area contributed by atoms with Gasteiger partial charge >= 0.3 is 35.8 Å². The molecule has 0 rings (SSSR count). The molecule has 0 aliphatic heterocycles. The molecule has 0 bridgehead atoms. The van der Waals surface area contributed by atoms with Gasteiger partial charge in [-0.3, -0.25) is 28.8 Å². The molecule has 12 heteroatoms. The van der Waals surface area contributed by atoms with Crippen molar-refractivity contribution in [2.45, 2.75) is 343 Å². The fourth-order valence-corrected chi connectivity index (χ4v) is 8.16. The van der Waals surface area contributed by atoms with Gasteiger partial charge in [0.25, 0.3) is 0 Å². The molecule has 3 atom stereocenters. The zero-order valence-electron chi connectivity index (χ0n) is 60.3. The van der Waals surface area contributed by atoms with E-state index >= 15 is 0 Å². The van der Waals surface area contributed by atoms with Crippen LogP contribution < -0.4 is 0 Å². The minimum Gasteiger partial charge on any atom is -0.469 e. The van der Waals surface area contributed by atoms with Crippen LogP contribution in [-0.2, 0) is 57.2 Å². The highest BCUT2D eigenvalue weighted by atomic mass is 16.5. The summed E-state index contributed by atoms with van der Waals surface area (Å²) in [4.78, 5) is 64.0. The van der Waals surface area contributed by atoms with E-state index in [1.54, 1.807) is 0 Å². The first-order chi connectivity index (χ1) is 40.1. The fraction of sp³-hybridized carbons (Fsp3) is 0.918. The molecule has 0 aromatic rings. The summed E-state index contributed by atoms with van der Waals surface area (Å²) in [5.74, 6) is 6.36. The standard InChI is InChI=1S/C15H30O2.3C12H24O2.2C11H22O2/c1-13(2)14(3)11-9-7-5-6-8-10-12-17-15(4)16;1-10(2)11(3)8-6-5-7-9-12(13)14-4;1-10(2)11(3)8-6-5-7-9-14-12(4)13;1-4-5-6-7-10-14-12(13)9-8-11(2)3;1-10(2)8-6-4-5-7-9-11(12)13-3;1-10(2)8-6-4-5-7-9-13-11(3)12/h13-14H,5-12H2,1-4H3;2*10-11H,5-9H2,1-4H3;11H,4-10H2,1-3H3;2*10H,4-9H2,1-3H3. The highest BCUT2D eigenvalue weighted by molar-refractivity contribution is 5.70. The molecule has 0 N–H and O–H groups in total. The van der Waals surface area contributed by atoms with Crippen molar-refractivity contribution in [3.05, 3.63) is 0 Å². The topological polar surface area (TPSA) is 158 Å². The van der Waals surface area contributed by atoms with Crippen LogP contribution in [0.5, 0.6) is 0 Å². The Labute approximate surface area is 528 Å². The zero-order chi connectivity index (χ0) is 66.1. The number of methoxy groups -OCH3 is 2. The Morgan fingerprint density at radius 3 is 0.800 bits per heavy atom. The van der Waals surface area contributed by atoms with Gasteiger partial charge in [0, 0.05) is 40.0 Å². The van der Waals surface area contributed by atoms with Crippen LogP contribution in [-0.4, -0.2) is 76.5 Å². The van der Waals surface area contributed by atoms with Gasteiger partial charge in [-0.25, -0.2) is 0 Å². The van der Waals surface area contributed by atoms with Crippen molar-refractivity contribution in [3.8, 4) is 0 Å². The van der Waals surface area contributed by atoms with Gasteiger partial charge in [-0.1, -0.05) is 258 Å². The van der Waals surface area contributed by atoms with Crippen molar-refractivity contribution in [2.24, 2.45) is 53.3 Å². The van der Waals surface area contributed by atoms with Crippen molar-refractivity contribution in [1.82, 2.24) is 0 Å². The molecule has 0 spiro atoms. The van der Waals surface area contributed by atoms with Gasteiger partial charge in [-0.05, 0) is 98.2 Å². The van der Waals surface area contributed by atoms with Crippen molar-refractivity contribution in [1.29, 1.82) is 0 Å². The lowest BCUT2D eigenvalue weighted by molar-refractivity contribution is -0.144. The first-order valence-corrected chi connectivity index (χ1v) is 34.8. The van der Waals surface area contributed by atoms with Crippen molar-refractivity contribution >= 4 is 35.8 Å². The van der Waals surface area contributed by atoms with Gasteiger partial charge < -0.3 is 28.4 Å². The summed E-state index contributed by atoms with van der Waals surface area (Å²) < 4.78 is 28.8. The van der Waals surface area contributed by atoms with Crippen LogP contribution >= 0.6 is 0 Å². The van der Waals surface area contributed by atoms with Gasteiger partial charge in [-0.2, -0.15) is 0 Å². The Hall–Kier alpha value is -3.18. The predicted octanol–water partition coefficient (Wildman–Crippen LogP) is 21.2. The van der Waals surface area contributed by atoms with Crippen molar-refractivity contribution in [3.63, 3.8) is 0 Å². The van der Waals surface area contributed by atoms with Crippen LogP contribution in [0.25, 0.3) is 0 Å². The number of hydrogen-bond acceptors (Lipinski definition) is 12. The number of carbonyl (C=O) groups is 6. The number of hydrogen-bond donors (Lipinski definition) is 0. The van der Waals surface area contributed by atoms with E-state index in [2.05, 4.69) is 120 Å². The third-order valence-corrected chi connectivity index (χ3v) is 15.5. The number of rotatable bonds is 46. The van der Waals surface area contributed by atoms with E-state index < -0.39 is 0 Å². The Balaban J connectivity index is -0.000000221. The quantitative estimate of drug-likeness (QED) is 0.0323. The average Bonchev–Trinajstić information content (AvgIpc) is 3.43. The number of esters is 6. The molecule has 0 saturated heterocycles. The maximum Gasteiger partial charge on any atom is 0.305 e. The van der Waals surface area contributed by atoms with Crippen molar-refractivity contribution < 1.29 is 57.2 Å². The summed E-state index contributed by atoms with van der Waals surface area (Å²) in [7, 11) is 2.89. The largest absolute Gasteiger partial charge is 0.469 e. The summed E-state index contributed by atoms with van der Waals surface area (Å²) in [5, 5.41) is 0. The van der Waals surface area contributed by atoms with E-state index in [1.807, 2.05) is 0 Å². The monoisotopic (exact) mass is 1220 g/mol. The lowest BCUT2D eigenvalue weighted by Crippen LogP contribution is -2.06. The summed E-state index contributed by atoms with van der Waals surface area (Å²) in [6.45, 7) is 42.8. The third kappa shape index (κ3) is 94.7. The molecule has 3 unspecified atom stereocenters. The van der Waals surface area contributed by atoms with Crippen LogP contribution in [0.15, 0.2) is 0 Å². The summed E-state index contributed by atoms with van der Waals surface area (Å²) in [5.41, 5.74) is 0. The Bertz CT molecular complexity index is 1440. The Morgan fingerprint density at radius 1 is 0.271 bits per heavy atom. The van der Waals surface area contributed by atoms with Crippen LogP contribution in [0.2, 0.25) is 0 Å². The van der Waals surface area contributed by atoms with E-state index in [9.17, 15) is 28.8 Å². The molecule has 0 aromatic heterocycles. The van der Waals surface area contributed by atoms with E-state index in [1.165, 1.54) is 170 Å². The molecule has 0 saturated carbocycles. The van der Waals surface area contributed by atoms with Gasteiger partial charge in [0.2, 0.25) is 0 Å². The second-order valence-electron chi connectivity index (χ2n) is 26.4. The Morgan fingerprint density at radius 2 is 0.518 bits per heavy atom. The maximum absolute atomic E-state index is 11.2. The molecule has 85 heavy (non-hydrogen) atoms. The fourth-order valence-electron chi connectivity index (χ4n) is 8.16. The van der Waals surface area contributed by atoms with Gasteiger partial charge in [0.1, 0.15) is 0 Å². The number of ether oxygens (including phenoxy) is 6. The highest BCUT2D eigenvalue weighted by Gasteiger charge is 2.09. The average molecular weight is 1220 g/mol. The van der Waals surface area contributed by atoms with Crippen LogP contribution in [0.4, 0.5) is 0 Å². The molecule has 0 aliphatic rings. The molecule has 12 nitrogen and oxygen atoms in total. The second kappa shape index (κ2) is 71.6. The number of unbranched alkanes of at least 4 members (excludes halogenated alkanes) is 18. The molecule has 0 aromatic carbocycles. The van der Waals surface area contributed by atoms with Crippen LogP contribution in [0.3, 0.4) is 0 Å². The first-order valence-electron chi connectivity index (χ1n) is 34.8. The first kappa shape index (κ1) is 93.0. The van der Waals surface area contributed by atoms with E-state index in [0.717, 1.165) is 105 Å². The molecule has 0 fully saturated rings. The maximum atomic E-state index is 11.2. The molecular formula is C73H146O12. The van der Waals surface area contributed by atoms with E-state index in [0.29, 0.717) is 51.6 Å². The smallest absolute Gasteiger partial charge is 0.305 e. The second-order valence-corrected chi connectivity index (χ2v) is 26.4. The summed E-state index contributed by atoms with van der Waals surface area (Å²) in [6.07, 6.45) is 37.6. The van der Waals surface area contributed by atoms with Gasteiger partial charge in [0.05, 0.1) is 40.6 Å². The number of carbonyl (C=O) groups excluding carboxylic acids is 6. The third-order valence-electron chi connectivity index (χ3n) is 15.5. The van der Waals surface area contributed by atoms with Crippen LogP contribution in [0, 0.1) is 53.3 Å². The van der Waals surface area contributed by atoms with Gasteiger partial charge in [0.15, 0.2) is 0 Å². The minimum atomic E-state index is -0.166. The summed E-state index contributed by atoms with van der Waals surface area (Å²) in [6, 6.07) is 0. The van der Waals surface area contributed by atoms with Gasteiger partial charge in [-0.15, -0.1) is 0 Å². The summed E-state index contributed by atoms with van der Waals surface area (Å²) >= 11 is 0. The van der Waals surface area contributed by atoms with Crippen LogP contribution in [0.1, 0.15) is 343 Å². The molecule has 0 amide bonds. The van der Waals surface area contributed by atoms with Crippen molar-refractivity contribution in [2.75, 3.05) is 40.6 Å². The van der Waals surface area contributed by atoms with E-state index in [4.69, 9.17) is 18.9 Å².